The standard InChI is InChI=1S/C19H19N3O3S/c1-2-12-25-16-10-8-15(9-11-16)18(24)21-22-19(26)20-17(23)13-14-6-4-3-5-7-14/h2-11H,1,12-13H2,(H,21,24)(H2,20,22,23,26). The van der Waals surface area contributed by atoms with Gasteiger partial charge >= 0.3 is 0 Å². The lowest BCUT2D eigenvalue weighted by atomic mass is 10.1. The molecular weight excluding hydrogens is 350 g/mol. The van der Waals surface area contributed by atoms with Crippen molar-refractivity contribution in [2.24, 2.45) is 0 Å². The smallest absolute Gasteiger partial charge is 0.269 e. The number of thiocarbonyl (C=S) groups is 1. The van der Waals surface area contributed by atoms with Crippen LogP contribution in [-0.4, -0.2) is 23.5 Å². The molecule has 3 N–H and O–H groups in total. The summed E-state index contributed by atoms with van der Waals surface area (Å²) in [5, 5.41) is 2.52. The van der Waals surface area contributed by atoms with E-state index in [1.165, 1.54) is 0 Å². The van der Waals surface area contributed by atoms with Crippen molar-refractivity contribution in [3.8, 4) is 5.75 Å². The molecular formula is C19H19N3O3S. The van der Waals surface area contributed by atoms with E-state index >= 15 is 0 Å². The average molecular weight is 369 g/mol. The highest BCUT2D eigenvalue weighted by Crippen LogP contribution is 2.11. The summed E-state index contributed by atoms with van der Waals surface area (Å²) in [5.74, 6) is -0.0234. The molecule has 2 rings (SSSR count). The molecule has 2 aromatic carbocycles. The van der Waals surface area contributed by atoms with Gasteiger partial charge in [0.15, 0.2) is 5.11 Å². The Labute approximate surface area is 157 Å². The Bertz CT molecular complexity index is 776. The highest BCUT2D eigenvalue weighted by Gasteiger charge is 2.08. The molecule has 0 heterocycles. The topological polar surface area (TPSA) is 79.5 Å². The van der Waals surface area contributed by atoms with Crippen molar-refractivity contribution in [3.05, 3.63) is 78.4 Å². The lowest BCUT2D eigenvalue weighted by molar-refractivity contribution is -0.119. The summed E-state index contributed by atoms with van der Waals surface area (Å²) >= 11 is 5.00. The molecule has 0 aromatic heterocycles. The van der Waals surface area contributed by atoms with E-state index in [4.69, 9.17) is 17.0 Å². The predicted octanol–water partition coefficient (Wildman–Crippen LogP) is 2.13. The molecule has 6 nitrogen and oxygen atoms in total. The lowest BCUT2D eigenvalue weighted by Gasteiger charge is -2.11. The summed E-state index contributed by atoms with van der Waals surface area (Å²) in [5.41, 5.74) is 6.22. The van der Waals surface area contributed by atoms with Crippen molar-refractivity contribution in [3.63, 3.8) is 0 Å². The first kappa shape index (κ1) is 19.1. The van der Waals surface area contributed by atoms with Gasteiger partial charge < -0.3 is 10.1 Å². The second kappa shape index (κ2) is 9.95. The Hall–Kier alpha value is -3.19. The summed E-state index contributed by atoms with van der Waals surface area (Å²) in [6.07, 6.45) is 1.83. The van der Waals surface area contributed by atoms with Gasteiger partial charge in [-0.1, -0.05) is 43.0 Å². The van der Waals surface area contributed by atoms with E-state index in [1.807, 2.05) is 30.3 Å². The monoisotopic (exact) mass is 369 g/mol. The third-order valence-corrected chi connectivity index (χ3v) is 3.44. The van der Waals surface area contributed by atoms with Crippen molar-refractivity contribution in [1.82, 2.24) is 16.2 Å². The first-order chi connectivity index (χ1) is 12.6. The number of carbonyl (C=O) groups excluding carboxylic acids is 2. The van der Waals surface area contributed by atoms with Crippen LogP contribution in [0.5, 0.6) is 5.75 Å². The molecule has 0 aliphatic heterocycles. The molecule has 0 spiro atoms. The fourth-order valence-electron chi connectivity index (χ4n) is 2.03. The largest absolute Gasteiger partial charge is 0.490 e. The molecule has 0 saturated heterocycles. The van der Waals surface area contributed by atoms with E-state index in [1.54, 1.807) is 30.3 Å². The maximum atomic E-state index is 12.0. The van der Waals surface area contributed by atoms with Crippen molar-refractivity contribution in [2.75, 3.05) is 6.61 Å². The quantitative estimate of drug-likeness (QED) is 0.413. The van der Waals surface area contributed by atoms with Gasteiger partial charge in [0.05, 0.1) is 6.42 Å². The molecule has 0 fully saturated rings. The zero-order valence-electron chi connectivity index (χ0n) is 14.0. The summed E-state index contributed by atoms with van der Waals surface area (Å²) in [6.45, 7) is 3.96. The number of ether oxygens (including phenoxy) is 1. The summed E-state index contributed by atoms with van der Waals surface area (Å²) in [7, 11) is 0. The fourth-order valence-corrected chi connectivity index (χ4v) is 2.19. The average Bonchev–Trinajstić information content (AvgIpc) is 2.65. The van der Waals surface area contributed by atoms with Crippen LogP contribution >= 0.6 is 12.2 Å². The molecule has 0 aliphatic rings. The van der Waals surface area contributed by atoms with Crippen LogP contribution in [0.4, 0.5) is 0 Å². The normalized spacial score (nSPS) is 9.69. The number of benzene rings is 2. The molecule has 0 bridgehead atoms. The number of amides is 2. The van der Waals surface area contributed by atoms with E-state index in [0.717, 1.165) is 5.56 Å². The van der Waals surface area contributed by atoms with Gasteiger partial charge in [-0.15, -0.1) is 0 Å². The fraction of sp³-hybridized carbons (Fsp3) is 0.105. The minimum absolute atomic E-state index is 0.0187. The third-order valence-electron chi connectivity index (χ3n) is 3.23. The van der Waals surface area contributed by atoms with Gasteiger partial charge in [-0.3, -0.25) is 20.4 Å². The van der Waals surface area contributed by atoms with Crippen molar-refractivity contribution in [2.45, 2.75) is 6.42 Å². The number of carbonyl (C=O) groups is 2. The number of hydrogen-bond donors (Lipinski definition) is 3. The summed E-state index contributed by atoms with van der Waals surface area (Å²) in [4.78, 5) is 23.9. The predicted molar refractivity (Wildman–Crippen MR) is 104 cm³/mol. The van der Waals surface area contributed by atoms with Crippen LogP contribution in [0.1, 0.15) is 15.9 Å². The Kier molecular flexibility index (Phi) is 7.32. The second-order valence-corrected chi connectivity index (χ2v) is 5.65. The Balaban J connectivity index is 1.76. The molecule has 7 heteroatoms. The summed E-state index contributed by atoms with van der Waals surface area (Å²) < 4.78 is 5.35. The van der Waals surface area contributed by atoms with Crippen molar-refractivity contribution in [1.29, 1.82) is 0 Å². The summed E-state index contributed by atoms with van der Waals surface area (Å²) in [6, 6.07) is 15.9. The van der Waals surface area contributed by atoms with Gasteiger partial charge in [0.25, 0.3) is 5.91 Å². The zero-order chi connectivity index (χ0) is 18.8. The van der Waals surface area contributed by atoms with E-state index < -0.39 is 0 Å². The van der Waals surface area contributed by atoms with Crippen LogP contribution in [0.25, 0.3) is 0 Å². The molecule has 0 radical (unpaired) electrons. The van der Waals surface area contributed by atoms with Crippen LogP contribution in [0.15, 0.2) is 67.3 Å². The second-order valence-electron chi connectivity index (χ2n) is 5.24. The number of nitrogens with one attached hydrogen (secondary N) is 3. The highest BCUT2D eigenvalue weighted by molar-refractivity contribution is 7.80. The first-order valence-electron chi connectivity index (χ1n) is 7.86. The molecule has 26 heavy (non-hydrogen) atoms. The molecule has 0 atom stereocenters. The van der Waals surface area contributed by atoms with Gasteiger partial charge in [0.1, 0.15) is 12.4 Å². The molecule has 2 aromatic rings. The molecule has 0 saturated carbocycles. The van der Waals surface area contributed by atoms with E-state index in [9.17, 15) is 9.59 Å². The third kappa shape index (κ3) is 6.37. The maximum Gasteiger partial charge on any atom is 0.269 e. The van der Waals surface area contributed by atoms with Gasteiger partial charge in [0.2, 0.25) is 5.91 Å². The van der Waals surface area contributed by atoms with Crippen LogP contribution in [0.3, 0.4) is 0 Å². The van der Waals surface area contributed by atoms with Crippen LogP contribution in [-0.2, 0) is 11.2 Å². The molecule has 2 amide bonds. The maximum absolute atomic E-state index is 12.0. The Morgan fingerprint density at radius 3 is 2.38 bits per heavy atom. The zero-order valence-corrected chi connectivity index (χ0v) is 14.8. The first-order valence-corrected chi connectivity index (χ1v) is 8.27. The lowest BCUT2D eigenvalue weighted by Crippen LogP contribution is -2.48. The van der Waals surface area contributed by atoms with Gasteiger partial charge in [-0.25, -0.2) is 0 Å². The van der Waals surface area contributed by atoms with Crippen LogP contribution in [0, 0.1) is 0 Å². The molecule has 0 unspecified atom stereocenters. The highest BCUT2D eigenvalue weighted by atomic mass is 32.1. The van der Waals surface area contributed by atoms with E-state index in [-0.39, 0.29) is 23.3 Å². The minimum Gasteiger partial charge on any atom is -0.490 e. The van der Waals surface area contributed by atoms with Gasteiger partial charge in [-0.2, -0.15) is 0 Å². The van der Waals surface area contributed by atoms with Gasteiger partial charge in [0, 0.05) is 5.56 Å². The Morgan fingerprint density at radius 2 is 1.73 bits per heavy atom. The van der Waals surface area contributed by atoms with Crippen LogP contribution < -0.4 is 20.9 Å². The number of hydrogen-bond acceptors (Lipinski definition) is 4. The number of rotatable bonds is 6. The van der Waals surface area contributed by atoms with Gasteiger partial charge in [-0.05, 0) is 42.0 Å². The molecule has 134 valence electrons. The molecule has 0 aliphatic carbocycles. The van der Waals surface area contributed by atoms with E-state index in [2.05, 4.69) is 22.7 Å². The number of hydrazine groups is 1. The van der Waals surface area contributed by atoms with Crippen molar-refractivity contribution < 1.29 is 14.3 Å². The van der Waals surface area contributed by atoms with Crippen molar-refractivity contribution >= 4 is 29.1 Å². The minimum atomic E-state index is -0.389. The Morgan fingerprint density at radius 1 is 1.04 bits per heavy atom. The SMILES string of the molecule is C=CCOc1ccc(C(=O)NNC(=S)NC(=O)Cc2ccccc2)cc1. The van der Waals surface area contributed by atoms with Crippen LogP contribution in [0.2, 0.25) is 0 Å². The van der Waals surface area contributed by atoms with E-state index in [0.29, 0.717) is 17.9 Å².